The second-order valence-corrected chi connectivity index (χ2v) is 28.0. The van der Waals surface area contributed by atoms with Crippen molar-refractivity contribution in [3.8, 4) is 0 Å². The van der Waals surface area contributed by atoms with Gasteiger partial charge >= 0.3 is 11.9 Å². The Hall–Kier alpha value is -1.83. The van der Waals surface area contributed by atoms with Crippen molar-refractivity contribution in [2.24, 2.45) is 105 Å². The van der Waals surface area contributed by atoms with Crippen molar-refractivity contribution >= 4 is 17.9 Å². The van der Waals surface area contributed by atoms with Crippen LogP contribution in [0.15, 0.2) is 0 Å². The Kier molecular flexibility index (Phi) is 15.7. The number of aliphatic hydroxyl groups excluding tert-OH is 2. The molecule has 0 aromatic heterocycles. The number of hydrogen-bond donors (Lipinski definition) is 5. The van der Waals surface area contributed by atoms with Crippen LogP contribution in [0.4, 0.5) is 0 Å². The highest BCUT2D eigenvalue weighted by Crippen LogP contribution is 2.73. The summed E-state index contributed by atoms with van der Waals surface area (Å²) in [5, 5.41) is 43.8. The number of ether oxygens (including phenoxy) is 4. The summed E-state index contributed by atoms with van der Waals surface area (Å²) in [6.45, 7) is 22.9. The van der Waals surface area contributed by atoms with Gasteiger partial charge in [-0.3, -0.25) is 14.4 Å². The van der Waals surface area contributed by atoms with Crippen molar-refractivity contribution in [1.29, 1.82) is 0 Å². The number of carboxylic acids is 3. The molecule has 24 atom stereocenters. The Morgan fingerprint density at radius 1 is 0.472 bits per heavy atom. The molecule has 12 fully saturated rings. The lowest BCUT2D eigenvalue weighted by Crippen LogP contribution is -2.55. The largest absolute Gasteiger partial charge is 0.481 e. The predicted molar refractivity (Wildman–Crippen MR) is 273 cm³/mol. The minimum atomic E-state index is -1.08. The van der Waals surface area contributed by atoms with E-state index in [1.165, 1.54) is 89.9 Å². The highest BCUT2D eigenvalue weighted by Gasteiger charge is 2.71. The second kappa shape index (κ2) is 20.5. The first-order chi connectivity index (χ1) is 33.9. The fourth-order valence-electron chi connectivity index (χ4n) is 20.7. The van der Waals surface area contributed by atoms with E-state index in [9.17, 15) is 19.8 Å². The molecule has 0 amide bonds. The quantitative estimate of drug-likeness (QED) is 0.180. The van der Waals surface area contributed by atoms with Gasteiger partial charge in [0.05, 0.1) is 50.5 Å². The molecular formula is C60H98O12. The van der Waals surface area contributed by atoms with Gasteiger partial charge in [0.25, 0.3) is 5.97 Å². The predicted octanol–water partition coefficient (Wildman–Crippen LogP) is 11.6. The van der Waals surface area contributed by atoms with Gasteiger partial charge in [-0.15, -0.1) is 0 Å². The first-order valence-corrected chi connectivity index (χ1v) is 29.5. The lowest BCUT2D eigenvalue weighted by Gasteiger charge is -2.61. The summed E-state index contributed by atoms with van der Waals surface area (Å²) in [6, 6.07) is 0. The molecule has 72 heavy (non-hydrogen) atoms. The molecule has 2 unspecified atom stereocenters. The Morgan fingerprint density at radius 3 is 1.17 bits per heavy atom. The maximum atomic E-state index is 10.3. The van der Waals surface area contributed by atoms with Crippen molar-refractivity contribution in [2.45, 2.75) is 240 Å². The molecule has 12 heteroatoms. The van der Waals surface area contributed by atoms with Crippen molar-refractivity contribution in [2.75, 3.05) is 13.2 Å². The number of fused-ring (bicyclic) bond motifs is 14. The fourth-order valence-corrected chi connectivity index (χ4v) is 20.7. The zero-order chi connectivity index (χ0) is 51.9. The molecule has 12 nitrogen and oxygen atoms in total. The Morgan fingerprint density at radius 2 is 0.833 bits per heavy atom. The van der Waals surface area contributed by atoms with Crippen LogP contribution in [0.3, 0.4) is 0 Å². The minimum Gasteiger partial charge on any atom is -0.481 e. The molecule has 0 radical (unpaired) electrons. The molecule has 8 aliphatic carbocycles. The van der Waals surface area contributed by atoms with Crippen LogP contribution in [0.25, 0.3) is 0 Å². The molecule has 4 aliphatic heterocycles. The van der Waals surface area contributed by atoms with Crippen LogP contribution in [0.5, 0.6) is 0 Å². The van der Waals surface area contributed by atoms with E-state index in [1.54, 1.807) is 0 Å². The Balaban J connectivity index is 0.000000146. The average molecular weight is 1010 g/mol. The minimum absolute atomic E-state index is 0.0389. The number of aliphatic hydroxyl groups is 2. The Labute approximate surface area is 432 Å². The third-order valence-corrected chi connectivity index (χ3v) is 24.4. The van der Waals surface area contributed by atoms with Gasteiger partial charge in [-0.05, 0) is 208 Å². The number of carbonyl (C=O) groups is 3. The topological polar surface area (TPSA) is 189 Å². The van der Waals surface area contributed by atoms with Crippen LogP contribution in [-0.2, 0) is 33.3 Å². The lowest BCUT2D eigenvalue weighted by molar-refractivity contribution is -0.273. The van der Waals surface area contributed by atoms with E-state index >= 15 is 0 Å². The monoisotopic (exact) mass is 1010 g/mol. The molecule has 0 bridgehead atoms. The Bertz CT molecular complexity index is 1810. The maximum Gasteiger partial charge on any atom is 0.303 e. The smallest absolute Gasteiger partial charge is 0.303 e. The van der Waals surface area contributed by atoms with Gasteiger partial charge in [0.2, 0.25) is 0 Å². The molecule has 0 aromatic rings. The summed E-state index contributed by atoms with van der Waals surface area (Å²) >= 11 is 0. The fraction of sp³-hybridized carbons (Fsp3) is 0.950. The van der Waals surface area contributed by atoms with Gasteiger partial charge < -0.3 is 44.5 Å². The van der Waals surface area contributed by atoms with E-state index in [2.05, 4.69) is 55.4 Å². The summed E-state index contributed by atoms with van der Waals surface area (Å²) in [4.78, 5) is 28.3. The molecule has 12 rings (SSSR count). The van der Waals surface area contributed by atoms with Crippen LogP contribution in [0.1, 0.15) is 204 Å². The van der Waals surface area contributed by atoms with Crippen LogP contribution in [0.2, 0.25) is 0 Å². The lowest BCUT2D eigenvalue weighted by atomic mass is 9.44. The van der Waals surface area contributed by atoms with Crippen LogP contribution >= 0.6 is 0 Å². The summed E-state index contributed by atoms with van der Waals surface area (Å²) in [7, 11) is 0. The van der Waals surface area contributed by atoms with Gasteiger partial charge in [0.1, 0.15) is 0 Å². The van der Waals surface area contributed by atoms with Crippen LogP contribution in [0, 0.1) is 105 Å². The SMILES string of the molecule is CC(=O)O.C[C@@H]1CC[C@@]2(OC1)O[C@H]1C[C@H]3[C@@H]4CCC5C[C@@H](O)CC[C@]5(C)[C@H]4CC[C@]3(C)[C@H]1[C@@H]2C.C[C@@H]1CC[C@@]2(OC1)O[C@H]1C[C@H]3[C@@H]4CCC5C[C@@H](O)CC[C@]5(C)[C@H]4CC[C@]3(C)[C@H]1[C@@H]2C.O=C(O)CCC(=O)O. The van der Waals surface area contributed by atoms with Crippen molar-refractivity contribution in [3.63, 3.8) is 0 Å². The van der Waals surface area contributed by atoms with Gasteiger partial charge in [-0.25, -0.2) is 0 Å². The first-order valence-electron chi connectivity index (χ1n) is 29.5. The third-order valence-electron chi connectivity index (χ3n) is 24.4. The van der Waals surface area contributed by atoms with E-state index < -0.39 is 17.9 Å². The van der Waals surface area contributed by atoms with Crippen LogP contribution < -0.4 is 0 Å². The van der Waals surface area contributed by atoms with E-state index in [0.29, 0.717) is 69.4 Å². The standard InChI is InChI=1S/2C27H44O3.C4H6O4.C2H4O2/c2*1-16-7-12-27(29-15-16)17(2)24-23(30-27)14-22-20-6-5-18-13-19(28)8-10-25(18,3)21(20)9-11-26(22,24)4;5-3(6)1-2-4(7)8;1-2(3)4/h2*16-24,28H,5-15H2,1-4H3;1-2H2,(H,5,6)(H,7,8);1H3,(H,3,4)/t2*16-,17+,18?,19+,20-,21+,22+,23+,24+,25+,26+,27-;;/m11../s1. The highest BCUT2D eigenvalue weighted by atomic mass is 16.7. The van der Waals surface area contributed by atoms with Crippen LogP contribution in [-0.4, -0.2) is 92.6 Å². The number of hydrogen-bond acceptors (Lipinski definition) is 9. The van der Waals surface area contributed by atoms with Crippen molar-refractivity contribution in [3.05, 3.63) is 0 Å². The molecule has 410 valence electrons. The van der Waals surface area contributed by atoms with Gasteiger partial charge in [0.15, 0.2) is 11.6 Å². The molecule has 8 saturated carbocycles. The summed E-state index contributed by atoms with van der Waals surface area (Å²) in [6.07, 6.45) is 25.1. The average Bonchev–Trinajstić information content (AvgIpc) is 3.98. The highest BCUT2D eigenvalue weighted by molar-refractivity contribution is 5.75. The van der Waals surface area contributed by atoms with E-state index in [-0.39, 0.29) is 36.6 Å². The van der Waals surface area contributed by atoms with Gasteiger partial charge in [-0.1, -0.05) is 55.4 Å². The van der Waals surface area contributed by atoms with E-state index in [0.717, 1.165) is 106 Å². The number of carboxylic acid groups (broad SMARTS) is 3. The molecule has 12 aliphatic rings. The molecule has 4 saturated heterocycles. The molecule has 5 N–H and O–H groups in total. The normalized spacial score (nSPS) is 53.4. The molecule has 0 aromatic carbocycles. The van der Waals surface area contributed by atoms with Gasteiger partial charge in [-0.2, -0.15) is 0 Å². The summed E-state index contributed by atoms with van der Waals surface area (Å²) in [5.74, 6) is 6.88. The van der Waals surface area contributed by atoms with Crippen molar-refractivity contribution < 1.29 is 58.9 Å². The number of rotatable bonds is 3. The molecule has 2 spiro atoms. The molecule has 4 heterocycles. The summed E-state index contributed by atoms with van der Waals surface area (Å²) < 4.78 is 26.7. The van der Waals surface area contributed by atoms with E-state index in [4.69, 9.17) is 39.1 Å². The second-order valence-electron chi connectivity index (χ2n) is 28.0. The zero-order valence-corrected chi connectivity index (χ0v) is 46.0. The summed E-state index contributed by atoms with van der Waals surface area (Å²) in [5.41, 5.74) is 1.80. The molecular weight excluding hydrogens is 913 g/mol. The van der Waals surface area contributed by atoms with Gasteiger partial charge in [0, 0.05) is 31.6 Å². The number of aliphatic carboxylic acids is 3. The maximum absolute atomic E-state index is 10.3. The van der Waals surface area contributed by atoms with Crippen molar-refractivity contribution in [1.82, 2.24) is 0 Å². The third kappa shape index (κ3) is 9.58. The first kappa shape index (κ1) is 54.9. The zero-order valence-electron chi connectivity index (χ0n) is 46.0. The van der Waals surface area contributed by atoms with E-state index in [1.807, 2.05) is 0 Å².